The highest BCUT2D eigenvalue weighted by atomic mass is 35.5. The summed E-state index contributed by atoms with van der Waals surface area (Å²) in [5.74, 6) is 1.29. The minimum absolute atomic E-state index is 0.149. The number of halogens is 2. The number of ether oxygens (including phenoxy) is 2. The summed E-state index contributed by atoms with van der Waals surface area (Å²) in [5, 5.41) is 4.40. The molecule has 0 atom stereocenters. The first-order valence-electron chi connectivity index (χ1n) is 8.49. The van der Waals surface area contributed by atoms with Crippen LogP contribution in [0.3, 0.4) is 0 Å². The quantitative estimate of drug-likeness (QED) is 0.509. The Balaban J connectivity index is 1.45. The second-order valence-corrected chi connectivity index (χ2v) is 7.81. The van der Waals surface area contributed by atoms with Crippen molar-refractivity contribution in [3.05, 3.63) is 69.1 Å². The molecule has 0 spiro atoms. The Hall–Kier alpha value is -2.28. The van der Waals surface area contributed by atoms with Crippen LogP contribution in [0.25, 0.3) is 0 Å². The maximum atomic E-state index is 12.1. The van der Waals surface area contributed by atoms with Crippen LogP contribution in [-0.4, -0.2) is 24.6 Å². The predicted octanol–water partition coefficient (Wildman–Crippen LogP) is 5.46. The van der Waals surface area contributed by atoms with Crippen molar-refractivity contribution in [3.8, 4) is 11.5 Å². The van der Waals surface area contributed by atoms with Gasteiger partial charge in [0.2, 0.25) is 5.91 Å². The van der Waals surface area contributed by atoms with E-state index in [9.17, 15) is 4.79 Å². The highest BCUT2D eigenvalue weighted by molar-refractivity contribution is 7.15. The fourth-order valence-electron chi connectivity index (χ4n) is 2.41. The molecule has 0 saturated carbocycles. The van der Waals surface area contributed by atoms with Crippen molar-refractivity contribution >= 4 is 45.6 Å². The zero-order valence-electron chi connectivity index (χ0n) is 15.1. The number of methoxy groups -OCH3 is 1. The van der Waals surface area contributed by atoms with Crippen molar-refractivity contribution in [2.45, 2.75) is 12.8 Å². The Morgan fingerprint density at radius 1 is 1.11 bits per heavy atom. The molecule has 0 radical (unpaired) electrons. The maximum Gasteiger partial charge on any atom is 0.229 e. The van der Waals surface area contributed by atoms with Gasteiger partial charge in [0.15, 0.2) is 5.13 Å². The Bertz CT molecular complexity index is 945. The molecule has 3 rings (SSSR count). The van der Waals surface area contributed by atoms with Gasteiger partial charge in [-0.05, 0) is 42.0 Å². The van der Waals surface area contributed by atoms with E-state index >= 15 is 0 Å². The van der Waals surface area contributed by atoms with Crippen molar-refractivity contribution in [3.63, 3.8) is 0 Å². The molecule has 0 saturated heterocycles. The number of carbonyl (C=O) groups is 1. The summed E-state index contributed by atoms with van der Waals surface area (Å²) in [4.78, 5) is 17.3. The van der Waals surface area contributed by atoms with Crippen LogP contribution in [0.1, 0.15) is 16.9 Å². The molecule has 0 unspecified atom stereocenters. The summed E-state index contributed by atoms with van der Waals surface area (Å²) in [7, 11) is 1.61. The average molecular weight is 437 g/mol. The monoisotopic (exact) mass is 436 g/mol. The van der Waals surface area contributed by atoms with E-state index < -0.39 is 0 Å². The van der Waals surface area contributed by atoms with Gasteiger partial charge in [0.25, 0.3) is 0 Å². The molecule has 0 aliphatic heterocycles. The number of carbonyl (C=O) groups excluding carboxylic acids is 1. The van der Waals surface area contributed by atoms with E-state index in [1.54, 1.807) is 43.6 Å². The van der Waals surface area contributed by atoms with Crippen molar-refractivity contribution in [2.24, 2.45) is 0 Å². The maximum absolute atomic E-state index is 12.1. The van der Waals surface area contributed by atoms with E-state index in [2.05, 4.69) is 10.3 Å². The van der Waals surface area contributed by atoms with Gasteiger partial charge in [0, 0.05) is 17.5 Å². The van der Waals surface area contributed by atoms with Gasteiger partial charge in [-0.25, -0.2) is 4.98 Å². The molecule has 146 valence electrons. The van der Waals surface area contributed by atoms with Gasteiger partial charge < -0.3 is 14.8 Å². The van der Waals surface area contributed by atoms with E-state index in [0.717, 1.165) is 16.2 Å². The topological polar surface area (TPSA) is 60.5 Å². The lowest BCUT2D eigenvalue weighted by Gasteiger charge is -2.06. The molecular weight excluding hydrogens is 419 g/mol. The molecule has 0 aliphatic carbocycles. The van der Waals surface area contributed by atoms with Crippen LogP contribution in [0.2, 0.25) is 10.0 Å². The number of rotatable bonds is 8. The standard InChI is InChI=1S/C20H18Cl2N2O3S/c1-26-14-3-5-15(6-4-14)27-9-8-19(25)24-20-23-12-16(28-20)10-13-2-7-17(21)18(22)11-13/h2-7,11-12H,8-10H2,1H3,(H,23,24,25). The molecule has 3 aromatic rings. The Morgan fingerprint density at radius 2 is 1.86 bits per heavy atom. The Labute approximate surface area is 177 Å². The average Bonchev–Trinajstić information content (AvgIpc) is 3.12. The van der Waals surface area contributed by atoms with Crippen molar-refractivity contribution in [1.29, 1.82) is 0 Å². The number of aromatic nitrogens is 1. The summed E-state index contributed by atoms with van der Waals surface area (Å²) in [6, 6.07) is 12.7. The van der Waals surface area contributed by atoms with E-state index in [1.165, 1.54) is 11.3 Å². The third kappa shape index (κ3) is 5.86. The van der Waals surface area contributed by atoms with E-state index in [4.69, 9.17) is 32.7 Å². The van der Waals surface area contributed by atoms with Gasteiger partial charge in [-0.1, -0.05) is 29.3 Å². The second-order valence-electron chi connectivity index (χ2n) is 5.88. The van der Waals surface area contributed by atoms with Crippen molar-refractivity contribution in [1.82, 2.24) is 4.98 Å². The van der Waals surface area contributed by atoms with Crippen LogP contribution < -0.4 is 14.8 Å². The summed E-state index contributed by atoms with van der Waals surface area (Å²) >= 11 is 13.4. The van der Waals surface area contributed by atoms with Crippen LogP contribution in [0.4, 0.5) is 5.13 Å². The number of anilines is 1. The Kier molecular flexibility index (Phi) is 7.14. The molecule has 0 fully saturated rings. The number of thiazole rings is 1. The van der Waals surface area contributed by atoms with Crippen molar-refractivity contribution < 1.29 is 14.3 Å². The second kappa shape index (κ2) is 9.78. The summed E-state index contributed by atoms with van der Waals surface area (Å²) in [6.07, 6.45) is 2.65. The number of benzene rings is 2. The lowest BCUT2D eigenvalue weighted by molar-refractivity contribution is -0.116. The molecule has 0 bridgehead atoms. The molecule has 8 heteroatoms. The molecule has 1 heterocycles. The largest absolute Gasteiger partial charge is 0.497 e. The fraction of sp³-hybridized carbons (Fsp3) is 0.200. The molecular formula is C20H18Cl2N2O3S. The highest BCUT2D eigenvalue weighted by Gasteiger charge is 2.09. The van der Waals surface area contributed by atoms with Crippen LogP contribution in [0.5, 0.6) is 11.5 Å². The van der Waals surface area contributed by atoms with Gasteiger partial charge in [0.05, 0.1) is 30.2 Å². The lowest BCUT2D eigenvalue weighted by atomic mass is 10.1. The lowest BCUT2D eigenvalue weighted by Crippen LogP contribution is -2.14. The van der Waals surface area contributed by atoms with Gasteiger partial charge in [-0.15, -0.1) is 11.3 Å². The van der Waals surface area contributed by atoms with Crippen LogP contribution in [-0.2, 0) is 11.2 Å². The smallest absolute Gasteiger partial charge is 0.229 e. The first-order chi connectivity index (χ1) is 13.5. The number of nitrogens with one attached hydrogen (secondary N) is 1. The number of amides is 1. The third-order valence-corrected chi connectivity index (χ3v) is 5.47. The predicted molar refractivity (Wildman–Crippen MR) is 113 cm³/mol. The van der Waals surface area contributed by atoms with E-state index in [1.807, 2.05) is 12.1 Å². The van der Waals surface area contributed by atoms with Crippen LogP contribution >= 0.6 is 34.5 Å². The van der Waals surface area contributed by atoms with Gasteiger partial charge in [-0.2, -0.15) is 0 Å². The van der Waals surface area contributed by atoms with Crippen molar-refractivity contribution in [2.75, 3.05) is 19.0 Å². The normalized spacial score (nSPS) is 10.5. The summed E-state index contributed by atoms with van der Waals surface area (Å²) in [6.45, 7) is 0.277. The first-order valence-corrected chi connectivity index (χ1v) is 10.1. The Morgan fingerprint density at radius 3 is 2.57 bits per heavy atom. The molecule has 1 aromatic heterocycles. The fourth-order valence-corrected chi connectivity index (χ4v) is 3.60. The number of hydrogen-bond acceptors (Lipinski definition) is 5. The number of hydrogen-bond donors (Lipinski definition) is 1. The highest BCUT2D eigenvalue weighted by Crippen LogP contribution is 2.26. The molecule has 1 N–H and O–H groups in total. The zero-order valence-corrected chi connectivity index (χ0v) is 17.4. The number of nitrogens with zero attached hydrogens (tertiary/aromatic N) is 1. The summed E-state index contributed by atoms with van der Waals surface area (Å²) < 4.78 is 10.7. The molecule has 5 nitrogen and oxygen atoms in total. The summed E-state index contributed by atoms with van der Waals surface area (Å²) in [5.41, 5.74) is 1.03. The SMILES string of the molecule is COc1ccc(OCCC(=O)Nc2ncc(Cc3ccc(Cl)c(Cl)c3)s2)cc1. The van der Waals surface area contributed by atoms with E-state index in [-0.39, 0.29) is 18.9 Å². The van der Waals surface area contributed by atoms with Crippen LogP contribution in [0, 0.1) is 0 Å². The minimum Gasteiger partial charge on any atom is -0.497 e. The molecule has 2 aromatic carbocycles. The minimum atomic E-state index is -0.149. The molecule has 0 aliphatic rings. The van der Waals surface area contributed by atoms with E-state index in [0.29, 0.717) is 27.3 Å². The van der Waals surface area contributed by atoms with Gasteiger partial charge >= 0.3 is 0 Å². The van der Waals surface area contributed by atoms with Crippen LogP contribution in [0.15, 0.2) is 48.7 Å². The van der Waals surface area contributed by atoms with Gasteiger partial charge in [-0.3, -0.25) is 4.79 Å². The zero-order chi connectivity index (χ0) is 19.9. The molecule has 28 heavy (non-hydrogen) atoms. The first kappa shape index (κ1) is 20.5. The third-order valence-electron chi connectivity index (χ3n) is 3.82. The van der Waals surface area contributed by atoms with Gasteiger partial charge in [0.1, 0.15) is 11.5 Å². The molecule has 1 amide bonds.